The number of fused-ring (bicyclic) bond motifs is 1. The van der Waals surface area contributed by atoms with E-state index in [0.717, 1.165) is 11.3 Å². The lowest BCUT2D eigenvalue weighted by atomic mass is 10.1. The van der Waals surface area contributed by atoms with Crippen LogP contribution in [0.25, 0.3) is 0 Å². The van der Waals surface area contributed by atoms with Gasteiger partial charge in [-0.25, -0.2) is 0 Å². The Labute approximate surface area is 86.7 Å². The lowest BCUT2D eigenvalue weighted by Gasteiger charge is -2.02. The predicted octanol–water partition coefficient (Wildman–Crippen LogP) is 1.39. The van der Waals surface area contributed by atoms with Crippen LogP contribution in [0.4, 0.5) is 5.69 Å². The first-order valence-electron chi connectivity index (χ1n) is 4.37. The molecule has 0 fully saturated rings. The quantitative estimate of drug-likeness (QED) is 0.574. The minimum Gasteiger partial charge on any atom is -0.373 e. The number of anilines is 1. The Kier molecular flexibility index (Phi) is 2.44. The number of nitrogens with one attached hydrogen (secondary N) is 1. The van der Waals surface area contributed by atoms with E-state index in [1.165, 1.54) is 0 Å². The number of Topliss-reactive ketones (excluding diaryl/α,β-unsaturated/α-hetero) is 1. The number of hydrogen-bond acceptors (Lipinski definition) is 3. The molecule has 0 radical (unpaired) electrons. The van der Waals surface area contributed by atoms with Crippen LogP contribution >= 0.6 is 11.6 Å². The largest absolute Gasteiger partial charge is 0.373 e. The molecular weight excluding hydrogens is 202 g/mol. The number of rotatable bonds is 2. The Bertz CT molecular complexity index is 378. The fraction of sp³-hybridized carbons (Fsp3) is 0.300. The van der Waals surface area contributed by atoms with Crippen LogP contribution in [-0.4, -0.2) is 23.0 Å². The topological polar surface area (TPSA) is 49.3 Å². The van der Waals surface area contributed by atoms with Gasteiger partial charge in [-0.1, -0.05) is 0 Å². The summed E-state index contributed by atoms with van der Waals surface area (Å²) in [5.74, 6) is -0.0924. The van der Waals surface area contributed by atoms with Gasteiger partial charge in [-0.3, -0.25) is 4.79 Å². The lowest BCUT2D eigenvalue weighted by Crippen LogP contribution is -2.12. The summed E-state index contributed by atoms with van der Waals surface area (Å²) < 4.78 is 0. The van der Waals surface area contributed by atoms with Crippen molar-refractivity contribution in [2.24, 2.45) is 0 Å². The summed E-state index contributed by atoms with van der Waals surface area (Å²) in [7, 11) is 0. The van der Waals surface area contributed by atoms with Gasteiger partial charge in [0.15, 0.2) is 5.78 Å². The third-order valence-electron chi connectivity index (χ3n) is 2.28. The molecule has 0 aliphatic carbocycles. The average molecular weight is 212 g/mol. The molecule has 1 heterocycles. The van der Waals surface area contributed by atoms with E-state index in [9.17, 15) is 9.90 Å². The van der Waals surface area contributed by atoms with Gasteiger partial charge in [-0.15, -0.1) is 11.6 Å². The van der Waals surface area contributed by atoms with Crippen molar-refractivity contribution >= 4 is 23.1 Å². The molecule has 74 valence electrons. The standard InChI is InChI=1S/C10H10ClNO2/c11-5-9(13)6-1-2-8-7(3-6)4-10(14)12-8/h1-3,10,12,14H,4-5H2. The lowest BCUT2D eigenvalue weighted by molar-refractivity contribution is 0.102. The van der Waals surface area contributed by atoms with Crippen molar-refractivity contribution < 1.29 is 9.90 Å². The predicted molar refractivity (Wildman–Crippen MR) is 54.8 cm³/mol. The van der Waals surface area contributed by atoms with Gasteiger partial charge in [0, 0.05) is 17.7 Å². The van der Waals surface area contributed by atoms with E-state index in [0.29, 0.717) is 12.0 Å². The number of ketones is 1. The van der Waals surface area contributed by atoms with Crippen molar-refractivity contribution in [3.63, 3.8) is 0 Å². The van der Waals surface area contributed by atoms with Gasteiger partial charge in [-0.05, 0) is 23.8 Å². The van der Waals surface area contributed by atoms with Gasteiger partial charge in [0.1, 0.15) is 6.23 Å². The first kappa shape index (κ1) is 9.49. The SMILES string of the molecule is O=C(CCl)c1ccc2c(c1)CC(O)N2. The molecular formula is C10H10ClNO2. The second kappa shape index (κ2) is 3.59. The maximum absolute atomic E-state index is 11.3. The molecule has 0 aromatic heterocycles. The molecule has 2 rings (SSSR count). The highest BCUT2D eigenvalue weighted by atomic mass is 35.5. The molecule has 1 unspecified atom stereocenters. The zero-order valence-corrected chi connectivity index (χ0v) is 8.21. The maximum Gasteiger partial charge on any atom is 0.177 e. The summed E-state index contributed by atoms with van der Waals surface area (Å²) in [5, 5.41) is 12.2. The molecule has 1 aliphatic rings. The van der Waals surface area contributed by atoms with Gasteiger partial charge >= 0.3 is 0 Å². The number of aliphatic hydroxyl groups is 1. The minimum absolute atomic E-state index is 0.00519. The van der Waals surface area contributed by atoms with E-state index < -0.39 is 6.23 Å². The molecule has 0 saturated carbocycles. The van der Waals surface area contributed by atoms with Gasteiger partial charge < -0.3 is 10.4 Å². The normalized spacial score (nSPS) is 18.9. The highest BCUT2D eigenvalue weighted by molar-refractivity contribution is 6.30. The fourth-order valence-corrected chi connectivity index (χ4v) is 1.75. The van der Waals surface area contributed by atoms with E-state index >= 15 is 0 Å². The molecule has 1 aromatic carbocycles. The van der Waals surface area contributed by atoms with Crippen LogP contribution in [-0.2, 0) is 6.42 Å². The fourth-order valence-electron chi connectivity index (χ4n) is 1.59. The molecule has 1 aromatic rings. The number of alkyl halides is 1. The van der Waals surface area contributed by atoms with Crippen LogP contribution in [0, 0.1) is 0 Å². The zero-order chi connectivity index (χ0) is 10.1. The van der Waals surface area contributed by atoms with Gasteiger partial charge in [0.25, 0.3) is 0 Å². The van der Waals surface area contributed by atoms with Gasteiger partial charge in [0.05, 0.1) is 5.88 Å². The van der Waals surface area contributed by atoms with Crippen molar-refractivity contribution in [2.75, 3.05) is 11.2 Å². The van der Waals surface area contributed by atoms with Crippen LogP contribution in [0.3, 0.4) is 0 Å². The Morgan fingerprint density at radius 1 is 1.64 bits per heavy atom. The molecule has 0 saturated heterocycles. The highest BCUT2D eigenvalue weighted by Gasteiger charge is 2.19. The molecule has 4 heteroatoms. The van der Waals surface area contributed by atoms with E-state index in [-0.39, 0.29) is 11.7 Å². The van der Waals surface area contributed by atoms with Crippen molar-refractivity contribution in [3.05, 3.63) is 29.3 Å². The van der Waals surface area contributed by atoms with E-state index in [1.807, 2.05) is 0 Å². The van der Waals surface area contributed by atoms with Crippen LogP contribution < -0.4 is 5.32 Å². The number of aliphatic hydroxyl groups excluding tert-OH is 1. The highest BCUT2D eigenvalue weighted by Crippen LogP contribution is 2.25. The Balaban J connectivity index is 2.33. The monoisotopic (exact) mass is 211 g/mol. The van der Waals surface area contributed by atoms with Crippen molar-refractivity contribution in [1.82, 2.24) is 0 Å². The van der Waals surface area contributed by atoms with Crippen LogP contribution in [0.1, 0.15) is 15.9 Å². The number of halogens is 1. The molecule has 14 heavy (non-hydrogen) atoms. The summed E-state index contributed by atoms with van der Waals surface area (Å²) in [5.41, 5.74) is 2.46. The number of carbonyl (C=O) groups is 1. The third-order valence-corrected chi connectivity index (χ3v) is 2.53. The van der Waals surface area contributed by atoms with Crippen molar-refractivity contribution in [1.29, 1.82) is 0 Å². The second-order valence-corrected chi connectivity index (χ2v) is 3.56. The van der Waals surface area contributed by atoms with Crippen molar-refractivity contribution in [3.8, 4) is 0 Å². The molecule has 0 spiro atoms. The third kappa shape index (κ3) is 1.61. The number of hydrogen-bond donors (Lipinski definition) is 2. The van der Waals surface area contributed by atoms with E-state index in [1.54, 1.807) is 18.2 Å². The number of carbonyl (C=O) groups excluding carboxylic acids is 1. The minimum atomic E-state index is -0.536. The molecule has 1 aliphatic heterocycles. The number of benzene rings is 1. The van der Waals surface area contributed by atoms with Gasteiger partial charge in [0.2, 0.25) is 0 Å². The first-order valence-corrected chi connectivity index (χ1v) is 4.91. The first-order chi connectivity index (χ1) is 6.70. The Morgan fingerprint density at radius 2 is 2.43 bits per heavy atom. The van der Waals surface area contributed by atoms with E-state index in [4.69, 9.17) is 11.6 Å². The molecule has 0 amide bonds. The van der Waals surface area contributed by atoms with Crippen LogP contribution in [0.2, 0.25) is 0 Å². The summed E-state index contributed by atoms with van der Waals surface area (Å²) in [6, 6.07) is 5.29. The average Bonchev–Trinajstić information content (AvgIpc) is 2.55. The molecule has 1 atom stereocenters. The molecule has 2 N–H and O–H groups in total. The van der Waals surface area contributed by atoms with Crippen molar-refractivity contribution in [2.45, 2.75) is 12.6 Å². The summed E-state index contributed by atoms with van der Waals surface area (Å²) in [4.78, 5) is 11.3. The summed E-state index contributed by atoms with van der Waals surface area (Å²) in [6.07, 6.45) is 0.00463. The maximum atomic E-state index is 11.3. The summed E-state index contributed by atoms with van der Waals surface area (Å²) in [6.45, 7) is 0. The zero-order valence-electron chi connectivity index (χ0n) is 7.46. The Hall–Kier alpha value is -1.06. The van der Waals surface area contributed by atoms with Crippen LogP contribution in [0.5, 0.6) is 0 Å². The van der Waals surface area contributed by atoms with Crippen LogP contribution in [0.15, 0.2) is 18.2 Å². The van der Waals surface area contributed by atoms with E-state index in [2.05, 4.69) is 5.32 Å². The molecule has 3 nitrogen and oxygen atoms in total. The Morgan fingerprint density at radius 3 is 3.14 bits per heavy atom. The van der Waals surface area contributed by atoms with Gasteiger partial charge in [-0.2, -0.15) is 0 Å². The smallest absolute Gasteiger partial charge is 0.177 e. The molecule has 0 bridgehead atoms. The summed E-state index contributed by atoms with van der Waals surface area (Å²) >= 11 is 5.45. The second-order valence-electron chi connectivity index (χ2n) is 3.29.